The average Bonchev–Trinajstić information content (AvgIpc) is 2.36. The van der Waals surface area contributed by atoms with E-state index in [1.807, 2.05) is 0 Å². The molecule has 0 saturated carbocycles. The van der Waals surface area contributed by atoms with Crippen LogP contribution in [0.3, 0.4) is 0 Å². The third-order valence-electron chi connectivity index (χ3n) is 3.67. The van der Waals surface area contributed by atoms with Gasteiger partial charge in [-0.15, -0.1) is 0 Å². The van der Waals surface area contributed by atoms with E-state index in [1.54, 1.807) is 4.90 Å². The van der Waals surface area contributed by atoms with Gasteiger partial charge in [0, 0.05) is 25.7 Å². The molecule has 2 fully saturated rings. The molecule has 2 saturated heterocycles. The van der Waals surface area contributed by atoms with Crippen molar-refractivity contribution >= 4 is 7.12 Å². The third-order valence-corrected chi connectivity index (χ3v) is 3.67. The Balaban J connectivity index is 0.00000200. The fourth-order valence-electron chi connectivity index (χ4n) is 2.66. The molecular weight excluding hydrogens is 342 g/mol. The van der Waals surface area contributed by atoms with Crippen molar-refractivity contribution in [2.24, 2.45) is 0 Å². The number of ether oxygens (including phenoxy) is 1. The molecule has 2 aliphatic rings. The first kappa shape index (κ1) is 23.9. The average molecular weight is 358 g/mol. The number of halogens is 3. The number of alkyl halides is 3. The van der Waals surface area contributed by atoms with Gasteiger partial charge in [0.15, 0.2) is 6.17 Å². The van der Waals surface area contributed by atoms with E-state index in [2.05, 4.69) is 0 Å². The van der Waals surface area contributed by atoms with Crippen LogP contribution in [-0.4, -0.2) is 74.5 Å². The van der Waals surface area contributed by atoms with Crippen LogP contribution in [0.15, 0.2) is 0 Å². The van der Waals surface area contributed by atoms with Crippen molar-refractivity contribution in [1.29, 1.82) is 0 Å². The minimum atomic E-state index is -3.76. The number of rotatable bonds is 3. The normalized spacial score (nSPS) is 30.1. The summed E-state index contributed by atoms with van der Waals surface area (Å²) in [7, 11) is -2.39. The number of likely N-dealkylation sites (tertiary alicyclic amines) is 1. The summed E-state index contributed by atoms with van der Waals surface area (Å²) in [5, 5.41) is 21.0. The Kier molecular flexibility index (Phi) is 12.3. The smallest absolute Gasteiger partial charge is 0.892 e. The summed E-state index contributed by atoms with van der Waals surface area (Å²) in [5.74, 6) is 0. The van der Waals surface area contributed by atoms with E-state index in [-0.39, 0.29) is 116 Å². The van der Waals surface area contributed by atoms with Gasteiger partial charge in [-0.2, -0.15) is 8.78 Å². The van der Waals surface area contributed by atoms with Gasteiger partial charge in [-0.25, -0.2) is 4.39 Å². The largest absolute Gasteiger partial charge is 1.00 e. The number of hydrogen-bond acceptors (Lipinski definition) is 5. The fourth-order valence-corrected chi connectivity index (χ4v) is 2.66. The Morgan fingerprint density at radius 2 is 1.71 bits per heavy atom. The standard InChI is InChI=1S/C10H16BF3N2O3.2K/c12-9-8(15-3-5-19-6-4-15)1-2-16(7-11(17)18)10(9,13)14;;/h8-9H,1-7H2;;/q-2;2*+1. The zero-order valence-corrected chi connectivity index (χ0v) is 18.7. The molecule has 0 amide bonds. The van der Waals surface area contributed by atoms with Crippen molar-refractivity contribution in [3.63, 3.8) is 0 Å². The topological polar surface area (TPSA) is 61.8 Å². The van der Waals surface area contributed by atoms with Crippen molar-refractivity contribution in [3.8, 4) is 0 Å². The minimum Gasteiger partial charge on any atom is -0.892 e. The molecule has 110 valence electrons. The van der Waals surface area contributed by atoms with E-state index < -0.39 is 31.8 Å². The molecule has 0 aromatic rings. The maximum Gasteiger partial charge on any atom is 1.00 e. The van der Waals surface area contributed by atoms with Crippen LogP contribution in [0.1, 0.15) is 6.42 Å². The maximum atomic E-state index is 14.0. The molecule has 21 heavy (non-hydrogen) atoms. The van der Waals surface area contributed by atoms with Crippen LogP contribution in [0.2, 0.25) is 0 Å². The van der Waals surface area contributed by atoms with Crippen LogP contribution in [0.25, 0.3) is 0 Å². The van der Waals surface area contributed by atoms with Gasteiger partial charge in [-0.05, 0) is 6.42 Å². The van der Waals surface area contributed by atoms with Crippen LogP contribution in [0, 0.1) is 0 Å². The zero-order valence-electron chi connectivity index (χ0n) is 12.4. The van der Waals surface area contributed by atoms with Crippen molar-refractivity contribution in [3.05, 3.63) is 0 Å². The molecule has 0 aliphatic carbocycles. The second-order valence-electron chi connectivity index (χ2n) is 4.87. The Labute approximate surface area is 207 Å². The van der Waals surface area contributed by atoms with E-state index in [4.69, 9.17) is 4.74 Å². The quantitative estimate of drug-likeness (QED) is 0.371. The number of hydrogen-bond donors (Lipinski definition) is 0. The number of piperidine rings is 1. The molecule has 0 spiro atoms. The molecule has 0 bridgehead atoms. The molecule has 0 aromatic carbocycles. The van der Waals surface area contributed by atoms with Gasteiger partial charge in [-0.1, -0.05) is 13.6 Å². The van der Waals surface area contributed by atoms with E-state index in [0.29, 0.717) is 31.2 Å². The second kappa shape index (κ2) is 10.8. The summed E-state index contributed by atoms with van der Waals surface area (Å²) in [5.41, 5.74) is 0. The number of nitrogens with zero attached hydrogens (tertiary/aromatic N) is 2. The molecule has 2 unspecified atom stereocenters. The maximum absolute atomic E-state index is 14.0. The summed E-state index contributed by atoms with van der Waals surface area (Å²) in [4.78, 5) is 2.03. The van der Waals surface area contributed by atoms with Crippen molar-refractivity contribution in [2.75, 3.05) is 39.3 Å². The van der Waals surface area contributed by atoms with Crippen LogP contribution < -0.4 is 113 Å². The summed E-state index contributed by atoms with van der Waals surface area (Å²) in [6.45, 7) is 1.51. The third kappa shape index (κ3) is 6.30. The SMILES string of the molecule is [K+].[K+].[O-]B([O-])CN1CCC(N2CCOCC2)C(F)C1(F)F. The van der Waals surface area contributed by atoms with Gasteiger partial charge < -0.3 is 14.8 Å². The predicted molar refractivity (Wildman–Crippen MR) is 58.0 cm³/mol. The molecule has 0 radical (unpaired) electrons. The van der Waals surface area contributed by atoms with Gasteiger partial charge in [-0.3, -0.25) is 9.80 Å². The molecule has 0 N–H and O–H groups in total. The van der Waals surface area contributed by atoms with Crippen molar-refractivity contribution < 1.29 is 131 Å². The van der Waals surface area contributed by atoms with Gasteiger partial charge in [0.1, 0.15) is 0 Å². The predicted octanol–water partition coefficient (Wildman–Crippen LogP) is -7.92. The summed E-state index contributed by atoms with van der Waals surface area (Å²) in [6.07, 6.45) is -3.08. The first-order valence-corrected chi connectivity index (χ1v) is 6.33. The monoisotopic (exact) mass is 358 g/mol. The molecular formula is C10H16BF3K2N2O3. The second-order valence-corrected chi connectivity index (χ2v) is 4.87. The van der Waals surface area contributed by atoms with E-state index in [1.165, 1.54) is 0 Å². The zero-order chi connectivity index (χ0) is 14.0. The fraction of sp³-hybridized carbons (Fsp3) is 1.00. The van der Waals surface area contributed by atoms with Crippen molar-refractivity contribution in [2.45, 2.75) is 24.7 Å². The molecule has 2 rings (SSSR count). The van der Waals surface area contributed by atoms with Crippen molar-refractivity contribution in [1.82, 2.24) is 9.80 Å². The molecule has 5 nitrogen and oxygen atoms in total. The first-order valence-electron chi connectivity index (χ1n) is 6.33. The van der Waals surface area contributed by atoms with Gasteiger partial charge in [0.25, 0.3) is 0 Å². The molecule has 0 aromatic heterocycles. The van der Waals surface area contributed by atoms with Crippen LogP contribution >= 0.6 is 0 Å². The van der Waals surface area contributed by atoms with E-state index in [0.717, 1.165) is 0 Å². The molecule has 11 heteroatoms. The van der Waals surface area contributed by atoms with E-state index in [9.17, 15) is 23.2 Å². The Bertz CT molecular complexity index is 315. The Hall–Kier alpha value is 2.93. The van der Waals surface area contributed by atoms with Gasteiger partial charge in [0.05, 0.1) is 13.2 Å². The summed E-state index contributed by atoms with van der Waals surface area (Å²) >= 11 is 0. The van der Waals surface area contributed by atoms with Crippen LogP contribution in [0.4, 0.5) is 13.2 Å². The Morgan fingerprint density at radius 1 is 1.14 bits per heavy atom. The first-order chi connectivity index (χ1) is 8.93. The molecule has 2 heterocycles. The Morgan fingerprint density at radius 3 is 2.24 bits per heavy atom. The minimum absolute atomic E-state index is 0. The molecule has 2 aliphatic heterocycles. The number of morpholine rings is 1. The van der Waals surface area contributed by atoms with Crippen LogP contribution in [-0.2, 0) is 4.74 Å². The van der Waals surface area contributed by atoms with Gasteiger partial charge in [0.2, 0.25) is 0 Å². The van der Waals surface area contributed by atoms with Gasteiger partial charge >= 0.3 is 109 Å². The summed E-state index contributed by atoms with van der Waals surface area (Å²) < 4.78 is 46.8. The van der Waals surface area contributed by atoms with E-state index >= 15 is 0 Å². The summed E-state index contributed by atoms with van der Waals surface area (Å²) in [6, 6.07) is -4.64. The van der Waals surface area contributed by atoms with Crippen LogP contribution in [0.5, 0.6) is 0 Å². The molecule has 2 atom stereocenters.